The normalized spacial score (nSPS) is 28.3. The Labute approximate surface area is 79.5 Å². The molecule has 0 heterocycles. The number of ether oxygens (including phenoxy) is 1. The van der Waals surface area contributed by atoms with Crippen LogP contribution in [0.3, 0.4) is 0 Å². The minimum absolute atomic E-state index is 0.0714. The van der Waals surface area contributed by atoms with Gasteiger partial charge in [-0.3, -0.25) is 0 Å². The van der Waals surface area contributed by atoms with Gasteiger partial charge in [0.2, 0.25) is 0 Å². The summed E-state index contributed by atoms with van der Waals surface area (Å²) in [6.45, 7) is 0. The molecule has 0 aliphatic heterocycles. The van der Waals surface area contributed by atoms with Crippen LogP contribution in [0.2, 0.25) is 0 Å². The van der Waals surface area contributed by atoms with Crippen molar-refractivity contribution < 1.29 is 17.9 Å². The van der Waals surface area contributed by atoms with Gasteiger partial charge in [-0.15, -0.1) is 11.6 Å². The SMILES string of the molecule is FC(F)=C(F)OC1CCC(Cl)CC1. The summed E-state index contributed by atoms with van der Waals surface area (Å²) in [4.78, 5) is 0. The standard InChI is InChI=1S/C8H10ClF3O/c9-5-1-3-6(4-2-5)13-8(12)7(10)11/h5-6H,1-4H2. The summed E-state index contributed by atoms with van der Waals surface area (Å²) in [6, 6.07) is -1.75. The molecular formula is C8H10ClF3O. The Morgan fingerprint density at radius 1 is 1.08 bits per heavy atom. The lowest BCUT2D eigenvalue weighted by molar-refractivity contribution is 0.0306. The van der Waals surface area contributed by atoms with E-state index >= 15 is 0 Å². The van der Waals surface area contributed by atoms with Gasteiger partial charge in [0.25, 0.3) is 0 Å². The van der Waals surface area contributed by atoms with Crippen molar-refractivity contribution in [2.45, 2.75) is 37.2 Å². The van der Waals surface area contributed by atoms with Gasteiger partial charge in [0, 0.05) is 5.38 Å². The molecule has 1 aliphatic rings. The third-order valence-corrected chi connectivity index (χ3v) is 2.46. The van der Waals surface area contributed by atoms with Crippen LogP contribution >= 0.6 is 11.6 Å². The molecule has 0 unspecified atom stereocenters. The molecule has 0 aromatic rings. The van der Waals surface area contributed by atoms with E-state index in [1.807, 2.05) is 0 Å². The molecule has 1 rings (SSSR count). The lowest BCUT2D eigenvalue weighted by Gasteiger charge is -2.24. The van der Waals surface area contributed by atoms with Crippen LogP contribution < -0.4 is 0 Å². The summed E-state index contributed by atoms with van der Waals surface area (Å²) in [5.41, 5.74) is 0. The van der Waals surface area contributed by atoms with Crippen LogP contribution in [0.25, 0.3) is 0 Å². The van der Waals surface area contributed by atoms with E-state index in [2.05, 4.69) is 4.74 Å². The molecule has 1 aliphatic carbocycles. The van der Waals surface area contributed by atoms with Gasteiger partial charge in [-0.1, -0.05) is 0 Å². The maximum Gasteiger partial charge on any atom is 0.342 e. The van der Waals surface area contributed by atoms with Crippen LogP contribution in [0.4, 0.5) is 13.2 Å². The Morgan fingerprint density at radius 3 is 2.08 bits per heavy atom. The van der Waals surface area contributed by atoms with Crippen molar-refractivity contribution in [3.63, 3.8) is 0 Å². The second-order valence-electron chi connectivity index (χ2n) is 3.03. The van der Waals surface area contributed by atoms with E-state index in [-0.39, 0.29) is 5.38 Å². The van der Waals surface area contributed by atoms with E-state index in [1.54, 1.807) is 0 Å². The Morgan fingerprint density at radius 2 is 1.62 bits per heavy atom. The molecular weight excluding hydrogens is 205 g/mol. The summed E-state index contributed by atoms with van der Waals surface area (Å²) in [5, 5.41) is 0.0714. The number of halogens is 4. The van der Waals surface area contributed by atoms with Gasteiger partial charge in [-0.05, 0) is 25.7 Å². The fourth-order valence-electron chi connectivity index (χ4n) is 1.33. The first-order chi connectivity index (χ1) is 6.09. The maximum atomic E-state index is 12.3. The van der Waals surface area contributed by atoms with Gasteiger partial charge in [0.05, 0.1) is 0 Å². The van der Waals surface area contributed by atoms with Crippen molar-refractivity contribution in [1.29, 1.82) is 0 Å². The minimum Gasteiger partial charge on any atom is -0.464 e. The topological polar surface area (TPSA) is 9.23 Å². The average molecular weight is 215 g/mol. The van der Waals surface area contributed by atoms with Gasteiger partial charge in [0.15, 0.2) is 0 Å². The van der Waals surface area contributed by atoms with Crippen LogP contribution in [0, 0.1) is 0 Å². The van der Waals surface area contributed by atoms with Crippen LogP contribution in [0.5, 0.6) is 0 Å². The van der Waals surface area contributed by atoms with E-state index in [4.69, 9.17) is 11.6 Å². The molecule has 0 spiro atoms. The number of rotatable bonds is 2. The van der Waals surface area contributed by atoms with E-state index in [0.717, 1.165) is 0 Å². The highest BCUT2D eigenvalue weighted by atomic mass is 35.5. The molecule has 0 atom stereocenters. The van der Waals surface area contributed by atoms with Crippen LogP contribution in [-0.2, 0) is 4.74 Å². The van der Waals surface area contributed by atoms with E-state index in [0.29, 0.717) is 25.7 Å². The quantitative estimate of drug-likeness (QED) is 0.504. The highest BCUT2D eigenvalue weighted by molar-refractivity contribution is 6.20. The zero-order valence-electron chi connectivity index (χ0n) is 6.90. The molecule has 76 valence electrons. The molecule has 0 bridgehead atoms. The van der Waals surface area contributed by atoms with Crippen LogP contribution in [0.1, 0.15) is 25.7 Å². The molecule has 0 radical (unpaired) electrons. The van der Waals surface area contributed by atoms with Gasteiger partial charge >= 0.3 is 12.1 Å². The van der Waals surface area contributed by atoms with Gasteiger partial charge in [0.1, 0.15) is 6.10 Å². The average Bonchev–Trinajstić information content (AvgIpc) is 2.08. The summed E-state index contributed by atoms with van der Waals surface area (Å²) in [6.07, 6.45) is -0.394. The number of hydrogen-bond donors (Lipinski definition) is 0. The molecule has 0 amide bonds. The van der Waals surface area contributed by atoms with Crippen LogP contribution in [0.15, 0.2) is 12.1 Å². The van der Waals surface area contributed by atoms with Crippen molar-refractivity contribution in [2.75, 3.05) is 0 Å². The molecule has 1 fully saturated rings. The minimum atomic E-state index is -2.40. The Balaban J connectivity index is 2.35. The van der Waals surface area contributed by atoms with Crippen molar-refractivity contribution in [1.82, 2.24) is 0 Å². The fourth-order valence-corrected chi connectivity index (χ4v) is 1.58. The van der Waals surface area contributed by atoms with E-state index < -0.39 is 18.2 Å². The molecule has 5 heteroatoms. The summed E-state index contributed by atoms with van der Waals surface area (Å²) in [7, 11) is 0. The van der Waals surface area contributed by atoms with E-state index in [1.165, 1.54) is 0 Å². The first-order valence-electron chi connectivity index (χ1n) is 4.11. The lowest BCUT2D eigenvalue weighted by atomic mass is 9.97. The lowest BCUT2D eigenvalue weighted by Crippen LogP contribution is -2.21. The number of alkyl halides is 1. The van der Waals surface area contributed by atoms with Crippen molar-refractivity contribution in [2.24, 2.45) is 0 Å². The first kappa shape index (κ1) is 10.7. The molecule has 0 N–H and O–H groups in total. The fraction of sp³-hybridized carbons (Fsp3) is 0.750. The van der Waals surface area contributed by atoms with Gasteiger partial charge in [-0.25, -0.2) is 0 Å². The van der Waals surface area contributed by atoms with Crippen LogP contribution in [-0.4, -0.2) is 11.5 Å². The third-order valence-electron chi connectivity index (χ3n) is 2.02. The second-order valence-corrected chi connectivity index (χ2v) is 3.64. The Bertz CT molecular complexity index is 196. The van der Waals surface area contributed by atoms with E-state index in [9.17, 15) is 13.2 Å². The van der Waals surface area contributed by atoms with Crippen molar-refractivity contribution in [3.05, 3.63) is 12.1 Å². The Kier molecular flexibility index (Phi) is 3.90. The summed E-state index contributed by atoms with van der Waals surface area (Å²) >= 11 is 5.77. The monoisotopic (exact) mass is 214 g/mol. The largest absolute Gasteiger partial charge is 0.464 e. The number of hydrogen-bond acceptors (Lipinski definition) is 1. The highest BCUT2D eigenvalue weighted by Gasteiger charge is 2.22. The molecule has 0 aromatic carbocycles. The molecule has 0 aromatic heterocycles. The zero-order chi connectivity index (χ0) is 9.84. The molecule has 1 nitrogen and oxygen atoms in total. The third kappa shape index (κ3) is 3.46. The smallest absolute Gasteiger partial charge is 0.342 e. The molecule has 0 saturated heterocycles. The Hall–Kier alpha value is -0.380. The second kappa shape index (κ2) is 4.74. The molecule has 13 heavy (non-hydrogen) atoms. The highest BCUT2D eigenvalue weighted by Crippen LogP contribution is 2.27. The maximum absolute atomic E-state index is 12.3. The predicted octanol–water partition coefficient (Wildman–Crippen LogP) is 3.59. The zero-order valence-corrected chi connectivity index (χ0v) is 7.66. The molecule has 1 saturated carbocycles. The summed E-state index contributed by atoms with van der Waals surface area (Å²) in [5.74, 6) is 0. The van der Waals surface area contributed by atoms with Crippen molar-refractivity contribution in [3.8, 4) is 0 Å². The predicted molar refractivity (Wildman–Crippen MR) is 43.3 cm³/mol. The van der Waals surface area contributed by atoms with Gasteiger partial charge in [-0.2, -0.15) is 13.2 Å². The van der Waals surface area contributed by atoms with Gasteiger partial charge < -0.3 is 4.74 Å². The van der Waals surface area contributed by atoms with Crippen molar-refractivity contribution >= 4 is 11.6 Å². The summed E-state index contributed by atoms with van der Waals surface area (Å²) < 4.78 is 39.9. The first-order valence-corrected chi connectivity index (χ1v) is 4.54.